The Morgan fingerprint density at radius 2 is 1.61 bits per heavy atom. The molecule has 0 spiro atoms. The largest absolute Gasteiger partial charge is 0.383 e. The van der Waals surface area contributed by atoms with Gasteiger partial charge in [-0.25, -0.2) is 0 Å². The van der Waals surface area contributed by atoms with Crippen molar-refractivity contribution in [3.63, 3.8) is 0 Å². The van der Waals surface area contributed by atoms with Crippen LogP contribution in [0.3, 0.4) is 0 Å². The first-order chi connectivity index (χ1) is 8.41. The average molecular weight is 281 g/mol. The molecule has 0 aliphatic rings. The van der Waals surface area contributed by atoms with Gasteiger partial charge in [-0.05, 0) is 55.3 Å². The third-order valence-corrected chi connectivity index (χ3v) is 4.95. The Balaban J connectivity index is 2.53. The lowest BCUT2D eigenvalue weighted by Crippen LogP contribution is -2.04. The Morgan fingerprint density at radius 1 is 1.06 bits per heavy atom. The third kappa shape index (κ3) is 2.33. The highest BCUT2D eigenvalue weighted by Crippen LogP contribution is 2.37. The average Bonchev–Trinajstić information content (AvgIpc) is 2.58. The molecule has 3 heteroatoms. The van der Waals surface area contributed by atoms with E-state index in [1.54, 1.807) is 0 Å². The van der Waals surface area contributed by atoms with E-state index in [1.165, 1.54) is 16.9 Å². The van der Waals surface area contributed by atoms with Crippen molar-refractivity contribution in [2.75, 3.05) is 0 Å². The minimum Gasteiger partial charge on any atom is -0.383 e. The summed E-state index contributed by atoms with van der Waals surface area (Å²) in [6.45, 7) is 8.10. The topological polar surface area (TPSA) is 20.2 Å². The smallest absolute Gasteiger partial charge is 0.115 e. The van der Waals surface area contributed by atoms with E-state index in [9.17, 15) is 5.11 Å². The van der Waals surface area contributed by atoms with Gasteiger partial charge in [-0.1, -0.05) is 29.3 Å². The summed E-state index contributed by atoms with van der Waals surface area (Å²) in [6, 6.07) is 4.19. The van der Waals surface area contributed by atoms with Crippen LogP contribution in [0, 0.1) is 27.7 Å². The van der Waals surface area contributed by atoms with Crippen molar-refractivity contribution < 1.29 is 5.11 Å². The molecule has 0 saturated heterocycles. The quantitative estimate of drug-likeness (QED) is 0.844. The van der Waals surface area contributed by atoms with Gasteiger partial charge in [0.05, 0.1) is 9.90 Å². The summed E-state index contributed by atoms with van der Waals surface area (Å²) in [5.74, 6) is 0. The number of aryl methyl sites for hydroxylation is 4. The monoisotopic (exact) mass is 280 g/mol. The number of hydrogen-bond donors (Lipinski definition) is 1. The Morgan fingerprint density at radius 3 is 2.06 bits per heavy atom. The second-order valence-electron chi connectivity index (χ2n) is 4.81. The fourth-order valence-electron chi connectivity index (χ4n) is 2.39. The molecule has 1 atom stereocenters. The summed E-state index contributed by atoms with van der Waals surface area (Å²) < 4.78 is 0. The Bertz CT molecular complexity index is 563. The molecule has 0 bridgehead atoms. The summed E-state index contributed by atoms with van der Waals surface area (Å²) in [4.78, 5) is 0.837. The SMILES string of the molecule is Cc1cc(C)c(C(O)c2scc(C)c2Cl)c(C)c1. The lowest BCUT2D eigenvalue weighted by atomic mass is 9.95. The molecule has 1 N–H and O–H groups in total. The molecular formula is C15H17ClOS. The summed E-state index contributed by atoms with van der Waals surface area (Å²) >= 11 is 7.76. The maximum absolute atomic E-state index is 10.6. The van der Waals surface area contributed by atoms with Crippen LogP contribution in [0.2, 0.25) is 5.02 Å². The van der Waals surface area contributed by atoms with E-state index >= 15 is 0 Å². The molecule has 18 heavy (non-hydrogen) atoms. The Labute approximate surface area is 117 Å². The van der Waals surface area contributed by atoms with E-state index in [2.05, 4.69) is 19.1 Å². The molecule has 0 saturated carbocycles. The van der Waals surface area contributed by atoms with Gasteiger partial charge in [0.25, 0.3) is 0 Å². The van der Waals surface area contributed by atoms with Crippen LogP contribution < -0.4 is 0 Å². The molecular weight excluding hydrogens is 264 g/mol. The molecule has 0 aliphatic heterocycles. The highest BCUT2D eigenvalue weighted by molar-refractivity contribution is 7.10. The second kappa shape index (κ2) is 5.04. The van der Waals surface area contributed by atoms with Crippen molar-refractivity contribution >= 4 is 22.9 Å². The van der Waals surface area contributed by atoms with E-state index in [0.29, 0.717) is 5.02 Å². The minimum atomic E-state index is -0.628. The zero-order valence-corrected chi connectivity index (χ0v) is 12.6. The summed E-state index contributed by atoms with van der Waals surface area (Å²) in [5.41, 5.74) is 5.45. The van der Waals surface area contributed by atoms with Crippen LogP contribution in [-0.4, -0.2) is 5.11 Å². The molecule has 0 amide bonds. The standard InChI is InChI=1S/C15H17ClOS/c1-8-5-9(2)12(10(3)6-8)14(17)15-13(16)11(4)7-18-15/h5-7,14,17H,1-4H3. The molecule has 1 unspecified atom stereocenters. The molecule has 96 valence electrons. The molecule has 0 radical (unpaired) electrons. The van der Waals surface area contributed by atoms with Gasteiger partial charge in [0.1, 0.15) is 6.10 Å². The van der Waals surface area contributed by atoms with E-state index in [4.69, 9.17) is 11.6 Å². The van der Waals surface area contributed by atoms with Gasteiger partial charge in [-0.3, -0.25) is 0 Å². The second-order valence-corrected chi connectivity index (χ2v) is 6.10. The highest BCUT2D eigenvalue weighted by atomic mass is 35.5. The fraction of sp³-hybridized carbons (Fsp3) is 0.333. The minimum absolute atomic E-state index is 0.628. The lowest BCUT2D eigenvalue weighted by molar-refractivity contribution is 0.222. The van der Waals surface area contributed by atoms with Crippen LogP contribution in [0.4, 0.5) is 0 Å². The van der Waals surface area contributed by atoms with Crippen molar-refractivity contribution in [1.29, 1.82) is 0 Å². The van der Waals surface area contributed by atoms with Gasteiger partial charge in [-0.2, -0.15) is 0 Å². The maximum Gasteiger partial charge on any atom is 0.115 e. The molecule has 1 aromatic heterocycles. The van der Waals surface area contributed by atoms with E-state index in [0.717, 1.165) is 27.1 Å². The third-order valence-electron chi connectivity index (χ3n) is 3.19. The van der Waals surface area contributed by atoms with Gasteiger partial charge >= 0.3 is 0 Å². The lowest BCUT2D eigenvalue weighted by Gasteiger charge is -2.17. The molecule has 1 nitrogen and oxygen atoms in total. The van der Waals surface area contributed by atoms with Crippen molar-refractivity contribution in [3.8, 4) is 0 Å². The molecule has 1 heterocycles. The van der Waals surface area contributed by atoms with Crippen LogP contribution in [-0.2, 0) is 0 Å². The predicted molar refractivity (Wildman–Crippen MR) is 78.8 cm³/mol. The molecule has 1 aromatic carbocycles. The van der Waals surface area contributed by atoms with Crippen LogP contribution in [0.15, 0.2) is 17.5 Å². The van der Waals surface area contributed by atoms with Gasteiger partial charge in [0.2, 0.25) is 0 Å². The summed E-state index contributed by atoms with van der Waals surface area (Å²) in [5, 5.41) is 13.2. The number of halogens is 1. The molecule has 2 aromatic rings. The number of hydrogen-bond acceptors (Lipinski definition) is 2. The molecule has 0 fully saturated rings. The maximum atomic E-state index is 10.6. The van der Waals surface area contributed by atoms with Crippen molar-refractivity contribution in [1.82, 2.24) is 0 Å². The summed E-state index contributed by atoms with van der Waals surface area (Å²) in [7, 11) is 0. The Kier molecular flexibility index (Phi) is 3.81. The van der Waals surface area contributed by atoms with Gasteiger partial charge in [0, 0.05) is 0 Å². The van der Waals surface area contributed by atoms with Gasteiger partial charge < -0.3 is 5.11 Å². The van der Waals surface area contributed by atoms with E-state index in [-0.39, 0.29) is 0 Å². The Hall–Kier alpha value is -0.830. The normalized spacial score (nSPS) is 12.8. The van der Waals surface area contributed by atoms with Gasteiger partial charge in [0.15, 0.2) is 0 Å². The van der Waals surface area contributed by atoms with E-state index in [1.807, 2.05) is 26.2 Å². The summed E-state index contributed by atoms with van der Waals surface area (Å²) in [6.07, 6.45) is -0.628. The first-order valence-electron chi connectivity index (χ1n) is 5.91. The van der Waals surface area contributed by atoms with Crippen molar-refractivity contribution in [2.24, 2.45) is 0 Å². The number of rotatable bonds is 2. The number of aliphatic hydroxyl groups excluding tert-OH is 1. The van der Waals surface area contributed by atoms with Crippen LogP contribution in [0.25, 0.3) is 0 Å². The highest BCUT2D eigenvalue weighted by Gasteiger charge is 2.20. The fourth-order valence-corrected chi connectivity index (χ4v) is 3.68. The number of aliphatic hydroxyl groups is 1. The number of benzene rings is 1. The van der Waals surface area contributed by atoms with Crippen LogP contribution in [0.1, 0.15) is 38.8 Å². The zero-order chi connectivity index (χ0) is 13.4. The van der Waals surface area contributed by atoms with E-state index < -0.39 is 6.10 Å². The van der Waals surface area contributed by atoms with Crippen molar-refractivity contribution in [2.45, 2.75) is 33.8 Å². The number of thiophene rings is 1. The van der Waals surface area contributed by atoms with Gasteiger partial charge in [-0.15, -0.1) is 11.3 Å². The first-order valence-corrected chi connectivity index (χ1v) is 7.17. The van der Waals surface area contributed by atoms with Crippen molar-refractivity contribution in [3.05, 3.63) is 55.2 Å². The van der Waals surface area contributed by atoms with Crippen LogP contribution >= 0.6 is 22.9 Å². The molecule has 0 aliphatic carbocycles. The predicted octanol–water partition coefficient (Wildman–Crippen LogP) is 4.72. The zero-order valence-electron chi connectivity index (χ0n) is 11.0. The molecule has 2 rings (SSSR count). The van der Waals surface area contributed by atoms with Crippen LogP contribution in [0.5, 0.6) is 0 Å². The first kappa shape index (κ1) is 13.6.